The zero-order valence-corrected chi connectivity index (χ0v) is 12.8. The van der Waals surface area contributed by atoms with Crippen LogP contribution in [0.4, 0.5) is 4.39 Å². The van der Waals surface area contributed by atoms with Gasteiger partial charge in [0.25, 0.3) is 0 Å². The third kappa shape index (κ3) is 2.34. The molecule has 1 atom stereocenters. The summed E-state index contributed by atoms with van der Waals surface area (Å²) in [7, 11) is 0. The number of hydrogen-bond donors (Lipinski definition) is 0. The van der Waals surface area contributed by atoms with Gasteiger partial charge in [-0.05, 0) is 22.4 Å². The first-order valence-corrected chi connectivity index (χ1v) is 7.53. The van der Waals surface area contributed by atoms with Gasteiger partial charge in [-0.2, -0.15) is 0 Å². The summed E-state index contributed by atoms with van der Waals surface area (Å²) in [6, 6.07) is 19.2. The molecule has 0 aromatic heterocycles. The summed E-state index contributed by atoms with van der Waals surface area (Å²) in [6.07, 6.45) is 0. The second-order valence-electron chi connectivity index (χ2n) is 4.57. The first-order chi connectivity index (χ1) is 9.68. The van der Waals surface area contributed by atoms with E-state index in [2.05, 4.69) is 15.9 Å². The zero-order valence-electron chi connectivity index (χ0n) is 10.5. The molecule has 0 aliphatic rings. The summed E-state index contributed by atoms with van der Waals surface area (Å²) in [6.45, 7) is 0. The quantitative estimate of drug-likeness (QED) is 0.489. The van der Waals surface area contributed by atoms with E-state index in [-0.39, 0.29) is 15.7 Å². The maximum absolute atomic E-state index is 14.2. The summed E-state index contributed by atoms with van der Waals surface area (Å²) in [4.78, 5) is -0.229. The normalized spacial score (nSPS) is 12.6. The van der Waals surface area contributed by atoms with E-state index in [1.165, 1.54) is 0 Å². The summed E-state index contributed by atoms with van der Waals surface area (Å²) < 4.78 is 14.2. The van der Waals surface area contributed by atoms with E-state index >= 15 is 0 Å². The molecule has 20 heavy (non-hydrogen) atoms. The van der Waals surface area contributed by atoms with Crippen LogP contribution in [0, 0.1) is 5.82 Å². The molecule has 0 aliphatic heterocycles. The van der Waals surface area contributed by atoms with E-state index in [0.717, 1.165) is 16.3 Å². The molecule has 0 saturated heterocycles. The molecule has 0 radical (unpaired) electrons. The van der Waals surface area contributed by atoms with E-state index < -0.39 is 0 Å². The van der Waals surface area contributed by atoms with Crippen molar-refractivity contribution < 1.29 is 4.39 Å². The Morgan fingerprint density at radius 3 is 2.35 bits per heavy atom. The van der Waals surface area contributed by atoms with E-state index in [9.17, 15) is 4.39 Å². The molecule has 0 bridgehead atoms. The fourth-order valence-corrected chi connectivity index (χ4v) is 3.29. The van der Waals surface area contributed by atoms with Gasteiger partial charge >= 0.3 is 0 Å². The number of alkyl halides is 1. The predicted molar refractivity (Wildman–Crippen MR) is 86.1 cm³/mol. The smallest absolute Gasteiger partial charge is 0.146 e. The molecule has 0 heterocycles. The average molecular weight is 350 g/mol. The Hall–Kier alpha value is -1.38. The van der Waals surface area contributed by atoms with Gasteiger partial charge in [0.1, 0.15) is 5.82 Å². The van der Waals surface area contributed by atoms with Crippen molar-refractivity contribution in [1.29, 1.82) is 0 Å². The lowest BCUT2D eigenvalue weighted by Crippen LogP contribution is -1.98. The molecule has 0 aliphatic carbocycles. The zero-order chi connectivity index (χ0) is 14.1. The van der Waals surface area contributed by atoms with Crippen LogP contribution in [0.15, 0.2) is 60.7 Å². The highest BCUT2D eigenvalue weighted by atomic mass is 79.9. The van der Waals surface area contributed by atoms with Crippen molar-refractivity contribution in [1.82, 2.24) is 0 Å². The molecular formula is C17H11BrClF. The average Bonchev–Trinajstić information content (AvgIpc) is 2.49. The van der Waals surface area contributed by atoms with Crippen LogP contribution < -0.4 is 0 Å². The lowest BCUT2D eigenvalue weighted by Gasteiger charge is -2.15. The van der Waals surface area contributed by atoms with Crippen LogP contribution >= 0.6 is 27.5 Å². The monoisotopic (exact) mass is 348 g/mol. The molecule has 0 N–H and O–H groups in total. The Morgan fingerprint density at radius 1 is 0.850 bits per heavy atom. The van der Waals surface area contributed by atoms with Crippen LogP contribution in [0.2, 0.25) is 5.02 Å². The molecule has 0 nitrogen and oxygen atoms in total. The van der Waals surface area contributed by atoms with Crippen LogP contribution in [0.1, 0.15) is 16.0 Å². The minimum atomic E-state index is -0.371. The van der Waals surface area contributed by atoms with Gasteiger partial charge in [-0.3, -0.25) is 0 Å². The van der Waals surface area contributed by atoms with Gasteiger partial charge in [0, 0.05) is 5.56 Å². The van der Waals surface area contributed by atoms with Crippen LogP contribution in [0.5, 0.6) is 0 Å². The van der Waals surface area contributed by atoms with E-state index in [4.69, 9.17) is 11.6 Å². The van der Waals surface area contributed by atoms with E-state index in [1.54, 1.807) is 18.2 Å². The highest BCUT2D eigenvalue weighted by Gasteiger charge is 2.18. The predicted octanol–water partition coefficient (Wildman–Crippen LogP) is 6.12. The Balaban J connectivity index is 2.18. The van der Waals surface area contributed by atoms with E-state index in [1.807, 2.05) is 42.5 Å². The molecular weight excluding hydrogens is 339 g/mol. The van der Waals surface area contributed by atoms with Gasteiger partial charge in [0.15, 0.2) is 0 Å². The third-order valence-corrected chi connectivity index (χ3v) is 4.63. The van der Waals surface area contributed by atoms with Crippen LogP contribution in [-0.4, -0.2) is 0 Å². The highest BCUT2D eigenvalue weighted by molar-refractivity contribution is 9.09. The van der Waals surface area contributed by atoms with Crippen molar-refractivity contribution in [2.45, 2.75) is 4.83 Å². The Morgan fingerprint density at radius 2 is 1.50 bits per heavy atom. The lowest BCUT2D eigenvalue weighted by molar-refractivity contribution is 0.614. The van der Waals surface area contributed by atoms with Crippen molar-refractivity contribution in [3.8, 4) is 0 Å². The van der Waals surface area contributed by atoms with Crippen molar-refractivity contribution in [3.05, 3.63) is 82.6 Å². The van der Waals surface area contributed by atoms with Gasteiger partial charge in [-0.25, -0.2) is 4.39 Å². The summed E-state index contributed by atoms with van der Waals surface area (Å²) in [5, 5.41) is 2.39. The second kappa shape index (κ2) is 5.55. The molecule has 0 saturated carbocycles. The number of rotatable bonds is 2. The molecule has 1 unspecified atom stereocenters. The molecule has 3 aromatic carbocycles. The summed E-state index contributed by atoms with van der Waals surface area (Å²) in [5.41, 5.74) is 1.58. The largest absolute Gasteiger partial charge is 0.205 e. The number of hydrogen-bond acceptors (Lipinski definition) is 0. The van der Waals surface area contributed by atoms with Crippen molar-refractivity contribution >= 4 is 38.3 Å². The van der Waals surface area contributed by atoms with Gasteiger partial charge in [0.05, 0.1) is 9.85 Å². The summed E-state index contributed by atoms with van der Waals surface area (Å²) in [5.74, 6) is -0.371. The Labute approximate surface area is 130 Å². The van der Waals surface area contributed by atoms with Crippen molar-refractivity contribution in [2.75, 3.05) is 0 Å². The third-order valence-electron chi connectivity index (χ3n) is 3.35. The Bertz CT molecular complexity index is 765. The van der Waals surface area contributed by atoms with Gasteiger partial charge in [0.2, 0.25) is 0 Å². The van der Waals surface area contributed by atoms with Gasteiger partial charge in [-0.15, -0.1) is 0 Å². The molecule has 3 rings (SSSR count). The van der Waals surface area contributed by atoms with Gasteiger partial charge < -0.3 is 0 Å². The van der Waals surface area contributed by atoms with E-state index in [0.29, 0.717) is 5.56 Å². The number of halogens is 3. The fourth-order valence-electron chi connectivity index (χ4n) is 2.36. The summed E-state index contributed by atoms with van der Waals surface area (Å²) >= 11 is 9.47. The maximum atomic E-state index is 14.2. The molecule has 3 heteroatoms. The van der Waals surface area contributed by atoms with Crippen molar-refractivity contribution in [2.24, 2.45) is 0 Å². The van der Waals surface area contributed by atoms with Crippen LogP contribution in [0.25, 0.3) is 10.8 Å². The lowest BCUT2D eigenvalue weighted by atomic mass is 9.98. The topological polar surface area (TPSA) is 0 Å². The van der Waals surface area contributed by atoms with Gasteiger partial charge in [-0.1, -0.05) is 82.1 Å². The maximum Gasteiger partial charge on any atom is 0.146 e. The first-order valence-electron chi connectivity index (χ1n) is 6.24. The fraction of sp³-hybridized carbons (Fsp3) is 0.0588. The highest BCUT2D eigenvalue weighted by Crippen LogP contribution is 2.37. The molecule has 0 amide bonds. The second-order valence-corrected chi connectivity index (χ2v) is 5.90. The molecule has 3 aromatic rings. The SMILES string of the molecule is Fc1c(Cl)cccc1C(Br)c1cccc2ccccc12. The first kappa shape index (κ1) is 13.6. The minimum absolute atomic E-state index is 0.146. The number of benzene rings is 3. The molecule has 0 fully saturated rings. The minimum Gasteiger partial charge on any atom is -0.205 e. The standard InChI is InChI=1S/C17H11BrClF/c18-16(14-9-4-10-15(19)17(14)20)13-8-3-6-11-5-1-2-7-12(11)13/h1-10,16H. The van der Waals surface area contributed by atoms with Crippen molar-refractivity contribution in [3.63, 3.8) is 0 Å². The molecule has 0 spiro atoms. The Kier molecular flexibility index (Phi) is 3.77. The van der Waals surface area contributed by atoms with Crippen LogP contribution in [-0.2, 0) is 0 Å². The molecule has 100 valence electrons. The number of fused-ring (bicyclic) bond motifs is 1. The van der Waals surface area contributed by atoms with Crippen LogP contribution in [0.3, 0.4) is 0 Å².